The molecule has 0 spiro atoms. The van der Waals surface area contributed by atoms with E-state index in [4.69, 9.17) is 19.9 Å². The van der Waals surface area contributed by atoms with E-state index in [2.05, 4.69) is 0 Å². The zero-order chi connectivity index (χ0) is 13.7. The Morgan fingerprint density at radius 3 is 1.94 bits per heavy atom. The summed E-state index contributed by atoms with van der Waals surface area (Å²) in [6, 6.07) is 1.93. The largest absolute Gasteiger partial charge is 0.496 e. The molecule has 0 radical (unpaired) electrons. The van der Waals surface area contributed by atoms with Crippen LogP contribution in [0.25, 0.3) is 0 Å². The Kier molecular flexibility index (Phi) is 4.36. The van der Waals surface area contributed by atoms with Gasteiger partial charge in [-0.2, -0.15) is 0 Å². The quantitative estimate of drug-likeness (QED) is 0.816. The fourth-order valence-corrected chi connectivity index (χ4v) is 1.39. The zero-order valence-corrected chi connectivity index (χ0v) is 10.3. The van der Waals surface area contributed by atoms with Crippen LogP contribution in [0.3, 0.4) is 0 Å². The lowest BCUT2D eigenvalue weighted by atomic mass is 10.1. The van der Waals surface area contributed by atoms with Gasteiger partial charge in [0.1, 0.15) is 5.75 Å². The van der Waals surface area contributed by atoms with Gasteiger partial charge in [0.05, 0.1) is 26.9 Å². The van der Waals surface area contributed by atoms with Crippen molar-refractivity contribution < 1.29 is 23.8 Å². The van der Waals surface area contributed by atoms with E-state index >= 15 is 0 Å². The Balaban J connectivity index is 3.24. The maximum absolute atomic E-state index is 11.7. The molecular weight excluding hydrogens is 240 g/mol. The van der Waals surface area contributed by atoms with Gasteiger partial charge in [0.25, 0.3) is 5.91 Å². The van der Waals surface area contributed by atoms with Crippen LogP contribution in [0, 0.1) is 0 Å². The molecule has 1 aromatic rings. The summed E-state index contributed by atoms with van der Waals surface area (Å²) >= 11 is 0. The summed E-state index contributed by atoms with van der Waals surface area (Å²) in [7, 11) is 4.28. The molecule has 0 aliphatic rings. The number of primary amides is 1. The fourth-order valence-electron chi connectivity index (χ4n) is 1.39. The highest BCUT2D eigenvalue weighted by atomic mass is 16.5. The smallest absolute Gasteiger partial charge is 0.319 e. The minimum absolute atomic E-state index is 0.119. The van der Waals surface area contributed by atoms with E-state index in [0.29, 0.717) is 11.5 Å². The van der Waals surface area contributed by atoms with Crippen molar-refractivity contribution >= 4 is 11.9 Å². The van der Waals surface area contributed by atoms with Crippen molar-refractivity contribution in [2.75, 3.05) is 21.3 Å². The summed E-state index contributed by atoms with van der Waals surface area (Å²) in [5.74, 6) is 0.310. The number of nitrogens with two attached hydrogens (primary N) is 1. The third-order valence-electron chi connectivity index (χ3n) is 2.19. The monoisotopic (exact) mass is 254 g/mol. The second-order valence-electron chi connectivity index (χ2n) is 3.23. The Hall–Kier alpha value is -2.44. The van der Waals surface area contributed by atoms with Crippen LogP contribution in [-0.2, 0) is 0 Å². The van der Waals surface area contributed by atoms with Crippen molar-refractivity contribution in [2.45, 2.75) is 0 Å². The van der Waals surface area contributed by atoms with Crippen molar-refractivity contribution in [2.24, 2.45) is 5.73 Å². The molecule has 0 fully saturated rings. The first kappa shape index (κ1) is 13.6. The molecule has 98 valence electrons. The van der Waals surface area contributed by atoms with Crippen LogP contribution in [0.2, 0.25) is 0 Å². The van der Waals surface area contributed by atoms with Crippen molar-refractivity contribution in [3.63, 3.8) is 0 Å². The van der Waals surface area contributed by atoms with Crippen LogP contribution in [0.4, 0.5) is 4.79 Å². The topological polar surface area (TPSA) is 99.9 Å². The second kappa shape index (κ2) is 5.76. The Morgan fingerprint density at radius 1 is 1.00 bits per heavy atom. The molecule has 3 amide bonds. The van der Waals surface area contributed by atoms with Gasteiger partial charge in [-0.05, 0) is 0 Å². The third-order valence-corrected chi connectivity index (χ3v) is 2.19. The van der Waals surface area contributed by atoms with Crippen molar-refractivity contribution in [1.82, 2.24) is 5.32 Å². The number of benzene rings is 1. The first-order chi connectivity index (χ1) is 8.53. The Labute approximate surface area is 104 Å². The summed E-state index contributed by atoms with van der Waals surface area (Å²) in [6.45, 7) is 0. The van der Waals surface area contributed by atoms with Gasteiger partial charge in [-0.25, -0.2) is 4.79 Å². The lowest BCUT2D eigenvalue weighted by Gasteiger charge is -2.13. The second-order valence-corrected chi connectivity index (χ2v) is 3.23. The average molecular weight is 254 g/mol. The minimum atomic E-state index is -0.947. The number of imide groups is 1. The molecule has 0 saturated carbocycles. The first-order valence-corrected chi connectivity index (χ1v) is 4.94. The average Bonchev–Trinajstić information content (AvgIpc) is 2.36. The van der Waals surface area contributed by atoms with E-state index in [1.54, 1.807) is 0 Å². The van der Waals surface area contributed by atoms with E-state index in [0.717, 1.165) is 0 Å². The van der Waals surface area contributed by atoms with Gasteiger partial charge in [0.15, 0.2) is 11.5 Å². The van der Waals surface area contributed by atoms with Crippen molar-refractivity contribution in [3.8, 4) is 17.2 Å². The molecule has 7 heteroatoms. The number of methoxy groups -OCH3 is 3. The van der Waals surface area contributed by atoms with E-state index in [9.17, 15) is 9.59 Å². The van der Waals surface area contributed by atoms with Gasteiger partial charge in [-0.1, -0.05) is 0 Å². The van der Waals surface area contributed by atoms with Crippen LogP contribution in [0.1, 0.15) is 10.4 Å². The number of rotatable bonds is 4. The van der Waals surface area contributed by atoms with Crippen molar-refractivity contribution in [1.29, 1.82) is 0 Å². The number of hydrogen-bond donors (Lipinski definition) is 2. The molecule has 1 rings (SSSR count). The highest BCUT2D eigenvalue weighted by Gasteiger charge is 2.18. The SMILES string of the molecule is COc1cc(OC)c(C(=O)NC(N)=O)cc1OC. The molecule has 0 heterocycles. The van der Waals surface area contributed by atoms with Gasteiger partial charge in [-0.15, -0.1) is 0 Å². The normalized spacial score (nSPS) is 9.50. The lowest BCUT2D eigenvalue weighted by Crippen LogP contribution is -2.35. The summed E-state index contributed by atoms with van der Waals surface area (Å²) in [4.78, 5) is 22.4. The lowest BCUT2D eigenvalue weighted by molar-refractivity contribution is 0.0963. The minimum Gasteiger partial charge on any atom is -0.496 e. The number of nitrogens with one attached hydrogen (secondary N) is 1. The predicted octanol–water partition coefficient (Wildman–Crippen LogP) is 0.521. The molecule has 0 bridgehead atoms. The van der Waals surface area contributed by atoms with Crippen LogP contribution in [-0.4, -0.2) is 33.3 Å². The molecule has 0 aromatic heterocycles. The fraction of sp³-hybridized carbons (Fsp3) is 0.273. The maximum Gasteiger partial charge on any atom is 0.319 e. The predicted molar refractivity (Wildman–Crippen MR) is 63.1 cm³/mol. The van der Waals surface area contributed by atoms with Gasteiger partial charge in [0, 0.05) is 12.1 Å². The number of carbonyl (C=O) groups excluding carboxylic acids is 2. The van der Waals surface area contributed by atoms with E-state index in [1.807, 2.05) is 5.32 Å². The van der Waals surface area contributed by atoms with E-state index in [-0.39, 0.29) is 11.3 Å². The number of urea groups is 1. The summed E-state index contributed by atoms with van der Waals surface area (Å²) < 4.78 is 15.2. The summed E-state index contributed by atoms with van der Waals surface area (Å²) in [6.07, 6.45) is 0. The maximum atomic E-state index is 11.7. The highest BCUT2D eigenvalue weighted by molar-refractivity contribution is 6.05. The van der Waals surface area contributed by atoms with Gasteiger partial charge >= 0.3 is 6.03 Å². The van der Waals surface area contributed by atoms with Crippen LogP contribution in [0.15, 0.2) is 12.1 Å². The molecule has 0 aliphatic carbocycles. The Bertz CT molecular complexity index is 473. The van der Waals surface area contributed by atoms with Crippen LogP contribution < -0.4 is 25.3 Å². The van der Waals surface area contributed by atoms with Crippen LogP contribution >= 0.6 is 0 Å². The molecule has 3 N–H and O–H groups in total. The summed E-state index contributed by atoms with van der Waals surface area (Å²) in [5, 5.41) is 1.95. The number of carbonyl (C=O) groups is 2. The molecule has 1 aromatic carbocycles. The first-order valence-electron chi connectivity index (χ1n) is 4.94. The molecule has 7 nitrogen and oxygen atoms in total. The molecular formula is C11H14N2O5. The number of hydrogen-bond acceptors (Lipinski definition) is 5. The molecule has 0 saturated heterocycles. The van der Waals surface area contributed by atoms with Gasteiger partial charge in [0.2, 0.25) is 0 Å². The highest BCUT2D eigenvalue weighted by Crippen LogP contribution is 2.34. The number of amides is 3. The van der Waals surface area contributed by atoms with Gasteiger partial charge < -0.3 is 19.9 Å². The molecule has 0 unspecified atom stereocenters. The summed E-state index contributed by atoms with van der Waals surface area (Å²) in [5.41, 5.74) is 5.00. The van der Waals surface area contributed by atoms with Crippen molar-refractivity contribution in [3.05, 3.63) is 17.7 Å². The van der Waals surface area contributed by atoms with E-state index < -0.39 is 11.9 Å². The standard InChI is InChI=1S/C11H14N2O5/c1-16-7-5-9(18-3)8(17-2)4-6(7)10(14)13-11(12)15/h4-5H,1-3H3,(H3,12,13,14,15). The third kappa shape index (κ3) is 2.82. The molecule has 0 atom stereocenters. The zero-order valence-electron chi connectivity index (χ0n) is 10.3. The Morgan fingerprint density at radius 2 is 1.50 bits per heavy atom. The van der Waals surface area contributed by atoms with Crippen LogP contribution in [0.5, 0.6) is 17.2 Å². The molecule has 18 heavy (non-hydrogen) atoms. The van der Waals surface area contributed by atoms with Gasteiger partial charge in [-0.3, -0.25) is 10.1 Å². The number of ether oxygens (including phenoxy) is 3. The van der Waals surface area contributed by atoms with E-state index in [1.165, 1.54) is 33.5 Å². The molecule has 0 aliphatic heterocycles.